The number of hydrogen-bond donors (Lipinski definition) is 1. The Labute approximate surface area is 268 Å². The van der Waals surface area contributed by atoms with Crippen molar-refractivity contribution in [1.82, 2.24) is 0 Å². The number of ether oxygens (including phenoxy) is 2. The lowest BCUT2D eigenvalue weighted by molar-refractivity contribution is 0.0135. The first-order valence-electron chi connectivity index (χ1n) is 15.7. The van der Waals surface area contributed by atoms with Crippen LogP contribution >= 0.6 is 11.6 Å². The molecule has 5 rings (SSSR count). The molecular weight excluding hydrogens is 594 g/mol. The summed E-state index contributed by atoms with van der Waals surface area (Å²) in [6.45, 7) is 9.98. The molecule has 6 atom stereocenters. The van der Waals surface area contributed by atoms with Crippen molar-refractivity contribution in [1.29, 1.82) is 0 Å². The van der Waals surface area contributed by atoms with Crippen LogP contribution in [0.25, 0.3) is 0 Å². The van der Waals surface area contributed by atoms with Gasteiger partial charge in [0.2, 0.25) is 0 Å². The van der Waals surface area contributed by atoms with Crippen molar-refractivity contribution in [2.24, 2.45) is 27.3 Å². The molecule has 3 unspecified atom stereocenters. The molecule has 9 heteroatoms. The van der Waals surface area contributed by atoms with Crippen LogP contribution in [0.5, 0.6) is 5.75 Å². The predicted molar refractivity (Wildman–Crippen MR) is 180 cm³/mol. The fourth-order valence-electron chi connectivity index (χ4n) is 7.30. The normalized spacial score (nSPS) is 25.5. The zero-order valence-electron chi connectivity index (χ0n) is 26.2. The molecule has 1 fully saturated rings. The predicted octanol–water partition coefficient (Wildman–Crippen LogP) is 7.12. The number of methoxy groups -OCH3 is 1. The Morgan fingerprint density at radius 1 is 1.32 bits per heavy atom. The number of fused-ring (bicyclic) bond motifs is 3. The lowest BCUT2D eigenvalue weighted by atomic mass is 9.68. The van der Waals surface area contributed by atoms with Gasteiger partial charge in [-0.25, -0.2) is 9.35 Å². The molecule has 0 bridgehead atoms. The van der Waals surface area contributed by atoms with E-state index < -0.39 is 15.8 Å². The van der Waals surface area contributed by atoms with Crippen molar-refractivity contribution in [3.63, 3.8) is 0 Å². The van der Waals surface area contributed by atoms with Gasteiger partial charge in [0.1, 0.15) is 15.7 Å². The van der Waals surface area contributed by atoms with Crippen LogP contribution in [0.15, 0.2) is 65.6 Å². The van der Waals surface area contributed by atoms with E-state index in [0.717, 1.165) is 68.1 Å². The zero-order valence-corrected chi connectivity index (χ0v) is 27.7. The van der Waals surface area contributed by atoms with E-state index in [0.29, 0.717) is 24.0 Å². The molecule has 0 radical (unpaired) electrons. The van der Waals surface area contributed by atoms with E-state index >= 15 is 0 Å². The molecule has 3 aliphatic rings. The van der Waals surface area contributed by atoms with Crippen molar-refractivity contribution < 1.29 is 18.5 Å². The smallest absolute Gasteiger partial charge is 0.286 e. The Bertz CT molecular complexity index is 1530. The Morgan fingerprint density at radius 2 is 2.14 bits per heavy atom. The quantitative estimate of drug-likeness (QED) is 0.279. The van der Waals surface area contributed by atoms with Crippen LogP contribution in [0, 0.1) is 17.8 Å². The van der Waals surface area contributed by atoms with Gasteiger partial charge in [-0.1, -0.05) is 42.8 Å². The van der Waals surface area contributed by atoms with Gasteiger partial charge in [0.05, 0.1) is 18.4 Å². The van der Waals surface area contributed by atoms with Crippen molar-refractivity contribution in [2.45, 2.75) is 63.9 Å². The summed E-state index contributed by atoms with van der Waals surface area (Å²) in [7, 11) is -1.44. The molecule has 2 aromatic rings. The van der Waals surface area contributed by atoms with Crippen LogP contribution in [0.3, 0.4) is 0 Å². The molecule has 1 heterocycles. The van der Waals surface area contributed by atoms with Crippen LogP contribution in [0.2, 0.25) is 5.02 Å². The number of halogens is 1. The topological polar surface area (TPSA) is 94.2 Å². The number of nitrogens with zero attached hydrogens (tertiary/aromatic N) is 2. The van der Waals surface area contributed by atoms with Crippen molar-refractivity contribution in [3.05, 3.63) is 82.9 Å². The van der Waals surface area contributed by atoms with Gasteiger partial charge >= 0.3 is 0 Å². The number of carbonyl (C=O) groups excluding carboxylic acids is 1. The number of hydrogen-bond acceptors (Lipinski definition) is 5. The minimum absolute atomic E-state index is 0.00239. The van der Waals surface area contributed by atoms with E-state index in [1.807, 2.05) is 50.3 Å². The third kappa shape index (κ3) is 7.09. The maximum Gasteiger partial charge on any atom is 0.286 e. The first-order chi connectivity index (χ1) is 21.1. The van der Waals surface area contributed by atoms with Crippen LogP contribution < -0.4 is 14.8 Å². The number of allylic oxidation sites excluding steroid dienone is 2. The molecular formula is C35H46ClN3O4S. The van der Waals surface area contributed by atoms with Crippen LogP contribution in [0.1, 0.15) is 67.4 Å². The molecule has 0 saturated heterocycles. The summed E-state index contributed by atoms with van der Waals surface area (Å²) in [5, 5.41) is 6.83. The number of nitrogens with two attached hydrogens (primary N) is 1. The molecule has 7 nitrogen and oxygen atoms in total. The molecule has 1 spiro atoms. The van der Waals surface area contributed by atoms with Crippen LogP contribution in [-0.4, -0.2) is 48.8 Å². The highest BCUT2D eigenvalue weighted by Gasteiger charge is 2.44. The average molecular weight is 640 g/mol. The van der Waals surface area contributed by atoms with Crippen molar-refractivity contribution >= 4 is 33.1 Å². The van der Waals surface area contributed by atoms with Gasteiger partial charge < -0.3 is 14.4 Å². The summed E-state index contributed by atoms with van der Waals surface area (Å²) in [6.07, 6.45) is 11.8. The lowest BCUT2D eigenvalue weighted by Gasteiger charge is -2.46. The highest BCUT2D eigenvalue weighted by molar-refractivity contribution is 7.91. The van der Waals surface area contributed by atoms with Gasteiger partial charge in [-0.3, -0.25) is 4.79 Å². The first-order valence-corrected chi connectivity index (χ1v) is 17.8. The third-order valence-electron chi connectivity index (χ3n) is 9.68. The molecule has 44 heavy (non-hydrogen) atoms. The maximum atomic E-state index is 13.4. The molecule has 1 saturated carbocycles. The summed E-state index contributed by atoms with van der Waals surface area (Å²) in [6, 6.07) is 11.6. The first kappa shape index (κ1) is 32.7. The second-order valence-electron chi connectivity index (χ2n) is 12.9. The largest absolute Gasteiger partial charge is 0.490 e. The minimum Gasteiger partial charge on any atom is -0.490 e. The second-order valence-corrected chi connectivity index (χ2v) is 15.2. The fourth-order valence-corrected chi connectivity index (χ4v) is 8.91. The second kappa shape index (κ2) is 13.8. The Hall–Kier alpha value is -2.65. The van der Waals surface area contributed by atoms with E-state index in [2.05, 4.69) is 28.0 Å². The zero-order chi connectivity index (χ0) is 31.5. The number of anilines is 1. The van der Waals surface area contributed by atoms with E-state index in [4.69, 9.17) is 26.2 Å². The van der Waals surface area contributed by atoms with E-state index in [9.17, 15) is 9.00 Å². The Morgan fingerprint density at radius 3 is 2.84 bits per heavy atom. The molecule has 2 N–H and O–H groups in total. The summed E-state index contributed by atoms with van der Waals surface area (Å²) in [5.74, 6) is 1.15. The van der Waals surface area contributed by atoms with Crippen molar-refractivity contribution in [2.75, 3.05) is 37.5 Å². The summed E-state index contributed by atoms with van der Waals surface area (Å²) in [4.78, 5) is 15.8. The summed E-state index contributed by atoms with van der Waals surface area (Å²) >= 11 is 6.41. The number of carbonyl (C=O) groups is 1. The molecule has 1 aliphatic heterocycles. The molecule has 2 aromatic carbocycles. The van der Waals surface area contributed by atoms with E-state index in [1.54, 1.807) is 13.2 Å². The molecule has 238 valence electrons. The molecule has 0 aromatic heterocycles. The number of rotatable bonds is 10. The van der Waals surface area contributed by atoms with Gasteiger partial charge in [0.25, 0.3) is 5.91 Å². The summed E-state index contributed by atoms with van der Waals surface area (Å²) in [5.41, 5.74) is 3.56. The number of amides is 1. The van der Waals surface area contributed by atoms with E-state index in [-0.39, 0.29) is 23.2 Å². The lowest BCUT2D eigenvalue weighted by Crippen LogP contribution is -2.49. The number of aryl methyl sites for hydroxylation is 1. The summed E-state index contributed by atoms with van der Waals surface area (Å²) < 4.78 is 29.5. The Balaban J connectivity index is 1.50. The third-order valence-corrected chi connectivity index (χ3v) is 11.4. The number of benzene rings is 2. The molecule has 2 aliphatic carbocycles. The van der Waals surface area contributed by atoms with Crippen LogP contribution in [0.4, 0.5) is 5.69 Å². The average Bonchev–Trinajstić information content (AvgIpc) is 3.13. The monoisotopic (exact) mass is 639 g/mol. The van der Waals surface area contributed by atoms with Gasteiger partial charge in [0, 0.05) is 42.0 Å². The molecule has 1 amide bonds. The van der Waals surface area contributed by atoms with Crippen LogP contribution in [-0.2, 0) is 26.5 Å². The highest BCUT2D eigenvalue weighted by atomic mass is 35.5. The van der Waals surface area contributed by atoms with Gasteiger partial charge in [0.15, 0.2) is 0 Å². The fraction of sp³-hybridized carbons (Fsp3) is 0.514. The van der Waals surface area contributed by atoms with E-state index in [1.165, 1.54) is 11.1 Å². The minimum atomic E-state index is -3.18. The van der Waals surface area contributed by atoms with Gasteiger partial charge in [-0.2, -0.15) is 0 Å². The van der Waals surface area contributed by atoms with Gasteiger partial charge in [-0.15, -0.1) is 10.9 Å². The van der Waals surface area contributed by atoms with Gasteiger partial charge in [-0.05, 0) is 105 Å². The van der Waals surface area contributed by atoms with Crippen molar-refractivity contribution in [3.8, 4) is 5.75 Å². The Kier molecular flexibility index (Phi) is 10.2. The SMILES string of the molecule is C=CC(OC)[C@@H]1CC[C@H]1CN1C[C@@]2(CCCc3cc(Cl)ccc32)COc2ccc(C(=O)N=S(N)(=O)CC(C)C/C=C\C)cc21. The standard InChI is InChI=1S/C35H46ClN3O4S/c1-5-7-9-24(3)21-44(37,41)38-34(40)26-12-16-33-31(19-26)39(20-27-11-14-29(27)32(6-2)42-4)22-35(23-43-33)17-8-10-25-18-28(36)13-15-30(25)35/h5-7,12-13,15-16,18-19,24,27,29,32H,2,8-11,14,17,20-23H2,1,3-4H3,(H2,37,38,40,41)/b7-5-/t24?,27-,29+,32?,35-,44?/m0/s1. The highest BCUT2D eigenvalue weighted by Crippen LogP contribution is 2.47. The maximum absolute atomic E-state index is 13.4.